The number of pyridine rings is 1. The van der Waals surface area contributed by atoms with Crippen molar-refractivity contribution in [1.29, 1.82) is 0 Å². The highest BCUT2D eigenvalue weighted by Crippen LogP contribution is 2.14. The molecule has 7 nitrogen and oxygen atoms in total. The predicted molar refractivity (Wildman–Crippen MR) is 92.0 cm³/mol. The molecule has 0 bridgehead atoms. The molecule has 3 aromatic rings. The first-order chi connectivity index (χ1) is 11.9. The molecule has 24 heavy (non-hydrogen) atoms. The molecule has 3 aromatic heterocycles. The fourth-order valence-corrected chi connectivity index (χ4v) is 2.83. The lowest BCUT2D eigenvalue weighted by molar-refractivity contribution is 0.0875. The van der Waals surface area contributed by atoms with E-state index in [0.717, 1.165) is 43.1 Å². The van der Waals surface area contributed by atoms with Crippen LogP contribution in [0.15, 0.2) is 43.0 Å². The Bertz CT molecular complexity index is 811. The molecule has 0 saturated carbocycles. The van der Waals surface area contributed by atoms with E-state index < -0.39 is 0 Å². The minimum atomic E-state index is 0.323. The second kappa shape index (κ2) is 6.84. The number of imidazole rings is 1. The zero-order chi connectivity index (χ0) is 16.2. The van der Waals surface area contributed by atoms with Crippen molar-refractivity contribution in [3.63, 3.8) is 0 Å². The second-order valence-corrected chi connectivity index (χ2v) is 5.91. The minimum absolute atomic E-state index is 0.323. The number of nitrogens with one attached hydrogen (secondary N) is 2. The van der Waals surface area contributed by atoms with E-state index in [2.05, 4.69) is 37.7 Å². The van der Waals surface area contributed by atoms with Gasteiger partial charge in [-0.25, -0.2) is 9.97 Å². The number of nitrogens with zero attached hydrogens (tertiary/aromatic N) is 4. The van der Waals surface area contributed by atoms with Crippen molar-refractivity contribution in [1.82, 2.24) is 19.4 Å². The lowest BCUT2D eigenvalue weighted by Crippen LogP contribution is -2.30. The van der Waals surface area contributed by atoms with Gasteiger partial charge in [0.2, 0.25) is 5.95 Å². The van der Waals surface area contributed by atoms with Gasteiger partial charge in [-0.05, 0) is 36.6 Å². The molecule has 0 aliphatic carbocycles. The number of rotatable bonds is 5. The minimum Gasteiger partial charge on any atom is -0.379 e. The second-order valence-electron chi connectivity index (χ2n) is 5.91. The maximum absolute atomic E-state index is 5.49. The quantitative estimate of drug-likeness (QED) is 0.750. The first-order valence-electron chi connectivity index (χ1n) is 8.20. The van der Waals surface area contributed by atoms with Crippen molar-refractivity contribution in [2.45, 2.75) is 25.4 Å². The van der Waals surface area contributed by atoms with Gasteiger partial charge >= 0.3 is 0 Å². The fourth-order valence-electron chi connectivity index (χ4n) is 2.83. The van der Waals surface area contributed by atoms with Gasteiger partial charge in [-0.2, -0.15) is 4.98 Å². The Hall–Kier alpha value is -2.67. The van der Waals surface area contributed by atoms with Gasteiger partial charge in [-0.3, -0.25) is 0 Å². The van der Waals surface area contributed by atoms with Crippen LogP contribution in [0.2, 0.25) is 0 Å². The Morgan fingerprint density at radius 1 is 1.21 bits per heavy atom. The lowest BCUT2D eigenvalue weighted by atomic mass is 10.1. The normalized spacial score (nSPS) is 17.8. The van der Waals surface area contributed by atoms with E-state index in [0.29, 0.717) is 18.5 Å². The maximum atomic E-state index is 5.49. The molecule has 0 aromatic carbocycles. The van der Waals surface area contributed by atoms with Crippen molar-refractivity contribution in [2.75, 3.05) is 23.8 Å². The van der Waals surface area contributed by atoms with E-state index in [1.807, 2.05) is 22.9 Å². The van der Waals surface area contributed by atoms with Crippen LogP contribution in [0.25, 0.3) is 5.65 Å². The third kappa shape index (κ3) is 3.46. The Kier molecular flexibility index (Phi) is 4.24. The van der Waals surface area contributed by atoms with Crippen LogP contribution in [0.3, 0.4) is 0 Å². The summed E-state index contributed by atoms with van der Waals surface area (Å²) in [6.07, 6.45) is 9.68. The fraction of sp³-hybridized carbons (Fsp3) is 0.353. The average molecular weight is 324 g/mol. The molecule has 0 spiro atoms. The van der Waals surface area contributed by atoms with Crippen molar-refractivity contribution in [3.05, 3.63) is 48.5 Å². The Labute approximate surface area is 140 Å². The Morgan fingerprint density at radius 2 is 2.21 bits per heavy atom. The molecule has 2 N–H and O–H groups in total. The molecule has 4 heterocycles. The number of hydrogen-bond donors (Lipinski definition) is 2. The summed E-state index contributed by atoms with van der Waals surface area (Å²) in [5.74, 6) is 1.44. The SMILES string of the molecule is c1cc(NC2CCCOC2)nc(NCc2ccn3ccnc3c2)n1. The summed E-state index contributed by atoms with van der Waals surface area (Å²) < 4.78 is 7.47. The molecule has 1 atom stereocenters. The van der Waals surface area contributed by atoms with Gasteiger partial charge in [0, 0.05) is 37.9 Å². The molecule has 1 unspecified atom stereocenters. The third-order valence-electron chi connectivity index (χ3n) is 4.08. The molecular formula is C17H20N6O. The highest BCUT2D eigenvalue weighted by molar-refractivity contribution is 5.44. The van der Waals surface area contributed by atoms with E-state index in [-0.39, 0.29) is 0 Å². The van der Waals surface area contributed by atoms with E-state index >= 15 is 0 Å². The summed E-state index contributed by atoms with van der Waals surface area (Å²) in [4.78, 5) is 13.1. The van der Waals surface area contributed by atoms with Crippen LogP contribution in [0.4, 0.5) is 11.8 Å². The maximum Gasteiger partial charge on any atom is 0.224 e. The molecule has 4 rings (SSSR count). The summed E-state index contributed by atoms with van der Waals surface area (Å²) in [5, 5.41) is 6.68. The standard InChI is InChI=1S/C17H20N6O/c1-2-14(12-24-9-1)21-15-3-5-19-17(22-15)20-11-13-4-7-23-8-6-18-16(23)10-13/h3-8,10,14H,1-2,9,11-12H2,(H2,19,20,21,22). The van der Waals surface area contributed by atoms with E-state index in [1.165, 1.54) is 0 Å². The zero-order valence-corrected chi connectivity index (χ0v) is 13.4. The zero-order valence-electron chi connectivity index (χ0n) is 13.4. The van der Waals surface area contributed by atoms with E-state index in [4.69, 9.17) is 4.74 Å². The van der Waals surface area contributed by atoms with Crippen LogP contribution in [-0.4, -0.2) is 38.6 Å². The molecule has 124 valence electrons. The van der Waals surface area contributed by atoms with Gasteiger partial charge in [-0.1, -0.05) is 0 Å². The summed E-state index contributed by atoms with van der Waals surface area (Å²) >= 11 is 0. The summed E-state index contributed by atoms with van der Waals surface area (Å²) in [5.41, 5.74) is 2.07. The van der Waals surface area contributed by atoms with Crippen molar-refractivity contribution in [2.24, 2.45) is 0 Å². The lowest BCUT2D eigenvalue weighted by Gasteiger charge is -2.23. The molecule has 0 amide bonds. The number of fused-ring (bicyclic) bond motifs is 1. The van der Waals surface area contributed by atoms with Gasteiger partial charge < -0.3 is 19.8 Å². The van der Waals surface area contributed by atoms with Gasteiger partial charge in [0.15, 0.2) is 0 Å². The van der Waals surface area contributed by atoms with Crippen LogP contribution in [-0.2, 0) is 11.3 Å². The summed E-state index contributed by atoms with van der Waals surface area (Å²) in [6.45, 7) is 2.24. The molecule has 1 fully saturated rings. The van der Waals surface area contributed by atoms with Crippen LogP contribution in [0.1, 0.15) is 18.4 Å². The van der Waals surface area contributed by atoms with Crippen molar-refractivity contribution in [3.8, 4) is 0 Å². The number of ether oxygens (including phenoxy) is 1. The van der Waals surface area contributed by atoms with E-state index in [9.17, 15) is 0 Å². The Morgan fingerprint density at radius 3 is 3.12 bits per heavy atom. The number of aromatic nitrogens is 4. The predicted octanol–water partition coefficient (Wildman–Crippen LogP) is 2.33. The Balaban J connectivity index is 1.39. The van der Waals surface area contributed by atoms with Crippen LogP contribution in [0.5, 0.6) is 0 Å². The topological polar surface area (TPSA) is 76.4 Å². The monoisotopic (exact) mass is 324 g/mol. The molecule has 1 aliphatic rings. The summed E-state index contributed by atoms with van der Waals surface area (Å²) in [6, 6.07) is 6.32. The van der Waals surface area contributed by atoms with Gasteiger partial charge in [-0.15, -0.1) is 0 Å². The molecular weight excluding hydrogens is 304 g/mol. The highest BCUT2D eigenvalue weighted by Gasteiger charge is 2.14. The van der Waals surface area contributed by atoms with Crippen molar-refractivity contribution >= 4 is 17.4 Å². The van der Waals surface area contributed by atoms with Gasteiger partial charge in [0.1, 0.15) is 11.5 Å². The van der Waals surface area contributed by atoms with Crippen LogP contribution >= 0.6 is 0 Å². The average Bonchev–Trinajstić information content (AvgIpc) is 3.09. The van der Waals surface area contributed by atoms with Crippen LogP contribution < -0.4 is 10.6 Å². The largest absolute Gasteiger partial charge is 0.379 e. The van der Waals surface area contributed by atoms with Gasteiger partial charge in [0.05, 0.1) is 12.6 Å². The molecule has 0 radical (unpaired) electrons. The smallest absolute Gasteiger partial charge is 0.224 e. The van der Waals surface area contributed by atoms with Crippen LogP contribution in [0, 0.1) is 0 Å². The highest BCUT2D eigenvalue weighted by atomic mass is 16.5. The molecule has 1 aliphatic heterocycles. The molecule has 1 saturated heterocycles. The van der Waals surface area contributed by atoms with E-state index in [1.54, 1.807) is 12.4 Å². The third-order valence-corrected chi connectivity index (χ3v) is 4.08. The number of hydrogen-bond acceptors (Lipinski definition) is 6. The summed E-state index contributed by atoms with van der Waals surface area (Å²) in [7, 11) is 0. The van der Waals surface area contributed by atoms with Crippen molar-refractivity contribution < 1.29 is 4.74 Å². The first-order valence-corrected chi connectivity index (χ1v) is 8.20. The number of anilines is 2. The molecule has 7 heteroatoms. The first kappa shape index (κ1) is 14.9. The van der Waals surface area contributed by atoms with Gasteiger partial charge in [0.25, 0.3) is 0 Å².